The maximum absolute atomic E-state index is 13.4. The van der Waals surface area contributed by atoms with Crippen molar-refractivity contribution in [3.63, 3.8) is 0 Å². The number of carbonyl (C=O) groups is 1. The Labute approximate surface area is 85.3 Å². The van der Waals surface area contributed by atoms with Crippen LogP contribution in [0.25, 0.3) is 11.0 Å². The molecule has 2 aromatic rings. The summed E-state index contributed by atoms with van der Waals surface area (Å²) in [5.74, 6) is -1.35. The highest BCUT2D eigenvalue weighted by atomic mass is 19.1. The van der Waals surface area contributed by atoms with E-state index in [9.17, 15) is 9.18 Å². The van der Waals surface area contributed by atoms with E-state index in [1.54, 1.807) is 23.9 Å². The molecule has 2 rings (SSSR count). The van der Waals surface area contributed by atoms with Crippen LogP contribution in [0.5, 0.6) is 0 Å². The normalized spacial score (nSPS) is 10.6. The van der Waals surface area contributed by atoms with E-state index in [0.717, 1.165) is 6.20 Å². The first-order valence-electron chi connectivity index (χ1n) is 4.33. The number of nitrogens with zero attached hydrogens (tertiary/aromatic N) is 2. The molecular formula is C10H9FN2O2. The molecule has 2 aromatic heterocycles. The number of fused-ring (bicyclic) bond motifs is 1. The third kappa shape index (κ3) is 1.36. The Balaban J connectivity index is 2.80. The lowest BCUT2D eigenvalue weighted by Crippen LogP contribution is -2.06. The highest BCUT2D eigenvalue weighted by molar-refractivity contribution is 6.02. The van der Waals surface area contributed by atoms with Crippen LogP contribution in [0, 0.1) is 5.82 Å². The minimum atomic E-state index is -0.689. The van der Waals surface area contributed by atoms with Gasteiger partial charge in [-0.2, -0.15) is 0 Å². The summed E-state index contributed by atoms with van der Waals surface area (Å²) in [4.78, 5) is 15.3. The Hall–Kier alpha value is -1.91. The van der Waals surface area contributed by atoms with Gasteiger partial charge in [0.25, 0.3) is 0 Å². The van der Waals surface area contributed by atoms with Gasteiger partial charge in [0.2, 0.25) is 0 Å². The van der Waals surface area contributed by atoms with Crippen LogP contribution in [-0.2, 0) is 11.8 Å². The molecule has 0 unspecified atom stereocenters. The number of hydrogen-bond acceptors (Lipinski definition) is 3. The number of carbonyl (C=O) groups excluding carboxylic acids is 1. The van der Waals surface area contributed by atoms with Gasteiger partial charge >= 0.3 is 5.97 Å². The smallest absolute Gasteiger partial charge is 0.341 e. The SMILES string of the molecule is COC(=O)c1c(F)cnc2c1ccn2C. The van der Waals surface area contributed by atoms with Gasteiger partial charge < -0.3 is 9.30 Å². The Morgan fingerprint density at radius 2 is 2.33 bits per heavy atom. The number of aromatic nitrogens is 2. The Morgan fingerprint density at radius 3 is 3.00 bits per heavy atom. The topological polar surface area (TPSA) is 44.1 Å². The summed E-state index contributed by atoms with van der Waals surface area (Å²) in [5, 5.41) is 0.462. The molecule has 0 bridgehead atoms. The lowest BCUT2D eigenvalue weighted by molar-refractivity contribution is 0.0598. The fourth-order valence-corrected chi connectivity index (χ4v) is 1.50. The van der Waals surface area contributed by atoms with Crippen molar-refractivity contribution in [2.24, 2.45) is 7.05 Å². The molecule has 0 N–H and O–H groups in total. The predicted molar refractivity (Wildman–Crippen MR) is 52.0 cm³/mol. The zero-order valence-electron chi connectivity index (χ0n) is 8.32. The number of esters is 1. The number of rotatable bonds is 1. The van der Waals surface area contributed by atoms with Crippen molar-refractivity contribution in [1.82, 2.24) is 9.55 Å². The Morgan fingerprint density at radius 1 is 1.60 bits per heavy atom. The van der Waals surface area contributed by atoms with Crippen LogP contribution in [0.3, 0.4) is 0 Å². The number of ether oxygens (including phenoxy) is 1. The minimum Gasteiger partial charge on any atom is -0.465 e. The van der Waals surface area contributed by atoms with Gasteiger partial charge in [0.05, 0.1) is 13.3 Å². The predicted octanol–water partition coefficient (Wildman–Crippen LogP) is 1.50. The second-order valence-corrected chi connectivity index (χ2v) is 3.14. The standard InChI is InChI=1S/C10H9FN2O2/c1-13-4-3-6-8(10(14)15-2)7(11)5-12-9(6)13/h3-5H,1-2H3. The van der Waals surface area contributed by atoms with Crippen molar-refractivity contribution in [2.75, 3.05) is 7.11 Å². The van der Waals surface area contributed by atoms with Crippen LogP contribution in [0.15, 0.2) is 18.5 Å². The molecular weight excluding hydrogens is 199 g/mol. The van der Waals surface area contributed by atoms with Crippen LogP contribution in [0.2, 0.25) is 0 Å². The molecule has 0 atom stereocenters. The summed E-state index contributed by atoms with van der Waals surface area (Å²) in [7, 11) is 2.99. The van der Waals surface area contributed by atoms with Gasteiger partial charge in [-0.1, -0.05) is 0 Å². The fraction of sp³-hybridized carbons (Fsp3) is 0.200. The summed E-state index contributed by atoms with van der Waals surface area (Å²) in [6.07, 6.45) is 2.73. The molecule has 5 heteroatoms. The zero-order valence-corrected chi connectivity index (χ0v) is 8.32. The van der Waals surface area contributed by atoms with E-state index in [0.29, 0.717) is 11.0 Å². The second-order valence-electron chi connectivity index (χ2n) is 3.14. The first-order valence-corrected chi connectivity index (χ1v) is 4.33. The molecule has 0 aliphatic rings. The summed E-state index contributed by atoms with van der Waals surface area (Å²) in [5.41, 5.74) is 0.486. The second kappa shape index (κ2) is 3.34. The molecule has 0 saturated heterocycles. The summed E-state index contributed by atoms with van der Waals surface area (Å²) < 4.78 is 19.6. The molecule has 0 spiro atoms. The van der Waals surface area contributed by atoms with Gasteiger partial charge in [0.1, 0.15) is 11.2 Å². The van der Waals surface area contributed by atoms with E-state index in [2.05, 4.69) is 9.72 Å². The summed E-state index contributed by atoms with van der Waals surface area (Å²) in [6.45, 7) is 0. The quantitative estimate of drug-likeness (QED) is 0.667. The van der Waals surface area contributed by atoms with Crippen molar-refractivity contribution in [1.29, 1.82) is 0 Å². The van der Waals surface area contributed by atoms with Gasteiger partial charge in [0.15, 0.2) is 5.82 Å². The van der Waals surface area contributed by atoms with Crippen LogP contribution in [0.4, 0.5) is 4.39 Å². The molecule has 0 aromatic carbocycles. The average molecular weight is 208 g/mol. The van der Waals surface area contributed by atoms with Crippen LogP contribution < -0.4 is 0 Å². The van der Waals surface area contributed by atoms with Gasteiger partial charge in [-0.05, 0) is 6.07 Å². The number of halogens is 1. The molecule has 0 aliphatic heterocycles. The van der Waals surface area contributed by atoms with Crippen molar-refractivity contribution < 1.29 is 13.9 Å². The van der Waals surface area contributed by atoms with Gasteiger partial charge in [0, 0.05) is 18.6 Å². The van der Waals surface area contributed by atoms with Crippen molar-refractivity contribution in [2.45, 2.75) is 0 Å². The van der Waals surface area contributed by atoms with Crippen molar-refractivity contribution in [3.05, 3.63) is 29.8 Å². The number of methoxy groups -OCH3 is 1. The third-order valence-corrected chi connectivity index (χ3v) is 2.24. The van der Waals surface area contributed by atoms with E-state index in [1.165, 1.54) is 7.11 Å². The third-order valence-electron chi connectivity index (χ3n) is 2.24. The van der Waals surface area contributed by atoms with Crippen LogP contribution >= 0.6 is 0 Å². The highest BCUT2D eigenvalue weighted by Crippen LogP contribution is 2.20. The molecule has 0 saturated carbocycles. The van der Waals surface area contributed by atoms with Crippen molar-refractivity contribution in [3.8, 4) is 0 Å². The minimum absolute atomic E-state index is 0.0666. The van der Waals surface area contributed by atoms with Crippen LogP contribution in [0.1, 0.15) is 10.4 Å². The number of pyridine rings is 1. The largest absolute Gasteiger partial charge is 0.465 e. The first-order chi connectivity index (χ1) is 7.15. The fourth-order valence-electron chi connectivity index (χ4n) is 1.50. The highest BCUT2D eigenvalue weighted by Gasteiger charge is 2.18. The molecule has 0 aliphatic carbocycles. The lowest BCUT2D eigenvalue weighted by Gasteiger charge is -2.02. The number of hydrogen-bond donors (Lipinski definition) is 0. The maximum atomic E-state index is 13.4. The van der Waals surface area contributed by atoms with E-state index >= 15 is 0 Å². The molecule has 15 heavy (non-hydrogen) atoms. The Kier molecular flexibility index (Phi) is 2.15. The molecule has 4 nitrogen and oxygen atoms in total. The van der Waals surface area contributed by atoms with Gasteiger partial charge in [-0.25, -0.2) is 14.2 Å². The molecule has 0 fully saturated rings. The molecule has 2 heterocycles. The average Bonchev–Trinajstić information content (AvgIpc) is 2.59. The van der Waals surface area contributed by atoms with Crippen molar-refractivity contribution >= 4 is 17.0 Å². The molecule has 78 valence electrons. The molecule has 0 radical (unpaired) electrons. The zero-order chi connectivity index (χ0) is 11.0. The number of aryl methyl sites for hydroxylation is 1. The van der Waals surface area contributed by atoms with E-state index < -0.39 is 11.8 Å². The van der Waals surface area contributed by atoms with Crippen LogP contribution in [-0.4, -0.2) is 22.6 Å². The van der Waals surface area contributed by atoms with Gasteiger partial charge in [-0.15, -0.1) is 0 Å². The Bertz CT molecular complexity index is 533. The maximum Gasteiger partial charge on any atom is 0.341 e. The van der Waals surface area contributed by atoms with E-state index in [-0.39, 0.29) is 5.56 Å². The lowest BCUT2D eigenvalue weighted by atomic mass is 10.2. The molecule has 0 amide bonds. The van der Waals surface area contributed by atoms with Gasteiger partial charge in [-0.3, -0.25) is 0 Å². The summed E-state index contributed by atoms with van der Waals surface area (Å²) in [6, 6.07) is 1.64. The monoisotopic (exact) mass is 208 g/mol. The van der Waals surface area contributed by atoms with E-state index in [4.69, 9.17) is 0 Å². The first kappa shape index (κ1) is 9.64. The van der Waals surface area contributed by atoms with E-state index in [1.807, 2.05) is 0 Å². The summed E-state index contributed by atoms with van der Waals surface area (Å²) >= 11 is 0.